The standard InChI is InChI=1S/C18H13FN6O/c19-13-4-6-15(7-5-13)25-11-17(22-23-25)18(26)21-14-2-1-3-16(10-14)24-9-8-20-12-24/h1-12H,(H,21,26). The van der Waals surface area contributed by atoms with Gasteiger partial charge in [-0.05, 0) is 42.5 Å². The van der Waals surface area contributed by atoms with E-state index in [1.54, 1.807) is 30.7 Å². The van der Waals surface area contributed by atoms with Gasteiger partial charge >= 0.3 is 0 Å². The Labute approximate surface area is 147 Å². The van der Waals surface area contributed by atoms with Gasteiger partial charge in [-0.3, -0.25) is 4.79 Å². The minimum absolute atomic E-state index is 0.155. The van der Waals surface area contributed by atoms with Crippen LogP contribution < -0.4 is 5.32 Å². The van der Waals surface area contributed by atoms with Crippen LogP contribution in [0.1, 0.15) is 10.5 Å². The number of anilines is 1. The summed E-state index contributed by atoms with van der Waals surface area (Å²) in [5.74, 6) is -0.731. The van der Waals surface area contributed by atoms with Gasteiger partial charge in [0.1, 0.15) is 5.82 Å². The van der Waals surface area contributed by atoms with Gasteiger partial charge in [-0.1, -0.05) is 11.3 Å². The van der Waals surface area contributed by atoms with Gasteiger partial charge in [-0.25, -0.2) is 14.1 Å². The van der Waals surface area contributed by atoms with Crippen LogP contribution in [0, 0.1) is 5.82 Å². The van der Waals surface area contributed by atoms with E-state index in [4.69, 9.17) is 0 Å². The predicted octanol–water partition coefficient (Wildman–Crippen LogP) is 2.84. The van der Waals surface area contributed by atoms with Crippen molar-refractivity contribution in [2.75, 3.05) is 5.32 Å². The largest absolute Gasteiger partial charge is 0.320 e. The van der Waals surface area contributed by atoms with Gasteiger partial charge in [0.05, 0.1) is 18.2 Å². The number of benzene rings is 2. The topological polar surface area (TPSA) is 77.6 Å². The lowest BCUT2D eigenvalue weighted by molar-refractivity contribution is 0.102. The summed E-state index contributed by atoms with van der Waals surface area (Å²) in [5.41, 5.74) is 2.26. The molecule has 4 rings (SSSR count). The van der Waals surface area contributed by atoms with E-state index in [9.17, 15) is 9.18 Å². The molecule has 4 aromatic rings. The average Bonchev–Trinajstić information content (AvgIpc) is 3.35. The van der Waals surface area contributed by atoms with E-state index in [-0.39, 0.29) is 17.4 Å². The zero-order chi connectivity index (χ0) is 17.9. The molecule has 0 atom stereocenters. The van der Waals surface area contributed by atoms with Crippen LogP contribution in [0.15, 0.2) is 73.4 Å². The summed E-state index contributed by atoms with van der Waals surface area (Å²) in [6.07, 6.45) is 6.66. The molecule has 0 aliphatic carbocycles. The lowest BCUT2D eigenvalue weighted by Gasteiger charge is -2.06. The second-order valence-corrected chi connectivity index (χ2v) is 5.50. The minimum Gasteiger partial charge on any atom is -0.320 e. The number of aromatic nitrogens is 5. The van der Waals surface area contributed by atoms with Crippen LogP contribution in [0.5, 0.6) is 0 Å². The average molecular weight is 348 g/mol. The molecule has 1 amide bonds. The first-order valence-corrected chi connectivity index (χ1v) is 7.77. The molecule has 0 unspecified atom stereocenters. The summed E-state index contributed by atoms with van der Waals surface area (Å²) < 4.78 is 16.2. The molecule has 2 heterocycles. The van der Waals surface area contributed by atoms with Crippen molar-refractivity contribution < 1.29 is 9.18 Å². The highest BCUT2D eigenvalue weighted by atomic mass is 19.1. The van der Waals surface area contributed by atoms with E-state index in [1.807, 2.05) is 29.0 Å². The van der Waals surface area contributed by atoms with E-state index in [0.717, 1.165) is 5.69 Å². The Morgan fingerprint density at radius 2 is 1.92 bits per heavy atom. The van der Waals surface area contributed by atoms with Crippen molar-refractivity contribution in [3.63, 3.8) is 0 Å². The summed E-state index contributed by atoms with van der Waals surface area (Å²) in [6.45, 7) is 0. The summed E-state index contributed by atoms with van der Waals surface area (Å²) >= 11 is 0. The van der Waals surface area contributed by atoms with Gasteiger partial charge in [0, 0.05) is 23.8 Å². The highest BCUT2D eigenvalue weighted by Crippen LogP contribution is 2.15. The Kier molecular flexibility index (Phi) is 3.98. The van der Waals surface area contributed by atoms with Gasteiger partial charge in [0.15, 0.2) is 5.69 Å². The van der Waals surface area contributed by atoms with Gasteiger partial charge in [0.25, 0.3) is 5.91 Å². The number of hydrogen-bond acceptors (Lipinski definition) is 4. The zero-order valence-corrected chi connectivity index (χ0v) is 13.5. The Hall–Kier alpha value is -3.81. The second kappa shape index (κ2) is 6.60. The third-order valence-corrected chi connectivity index (χ3v) is 3.72. The van der Waals surface area contributed by atoms with Crippen molar-refractivity contribution in [1.82, 2.24) is 24.5 Å². The molecule has 128 valence electrons. The molecule has 0 spiro atoms. The number of imidazole rings is 1. The quantitative estimate of drug-likeness (QED) is 0.615. The predicted molar refractivity (Wildman–Crippen MR) is 92.8 cm³/mol. The maximum Gasteiger partial charge on any atom is 0.277 e. The Balaban J connectivity index is 1.52. The van der Waals surface area contributed by atoms with E-state index < -0.39 is 0 Å². The number of amides is 1. The summed E-state index contributed by atoms with van der Waals surface area (Å²) in [4.78, 5) is 16.4. The van der Waals surface area contributed by atoms with Crippen molar-refractivity contribution in [2.24, 2.45) is 0 Å². The molecule has 1 N–H and O–H groups in total. The van der Waals surface area contributed by atoms with Crippen molar-refractivity contribution in [3.05, 3.63) is 85.0 Å². The fourth-order valence-corrected chi connectivity index (χ4v) is 2.44. The second-order valence-electron chi connectivity index (χ2n) is 5.50. The molecule has 0 aliphatic heterocycles. The summed E-state index contributed by atoms with van der Waals surface area (Å²) in [5, 5.41) is 10.6. The van der Waals surface area contributed by atoms with Crippen LogP contribution in [0.2, 0.25) is 0 Å². The summed E-state index contributed by atoms with van der Waals surface area (Å²) in [7, 11) is 0. The number of nitrogens with zero attached hydrogens (tertiary/aromatic N) is 5. The van der Waals surface area contributed by atoms with Crippen LogP contribution in [-0.2, 0) is 0 Å². The number of carbonyl (C=O) groups is 1. The monoisotopic (exact) mass is 348 g/mol. The van der Waals surface area contributed by atoms with Crippen LogP contribution >= 0.6 is 0 Å². The molecular weight excluding hydrogens is 335 g/mol. The normalized spacial score (nSPS) is 10.7. The smallest absolute Gasteiger partial charge is 0.277 e. The third kappa shape index (κ3) is 3.20. The van der Waals surface area contributed by atoms with E-state index in [2.05, 4.69) is 20.6 Å². The highest BCUT2D eigenvalue weighted by molar-refractivity contribution is 6.02. The SMILES string of the molecule is O=C(Nc1cccc(-n2ccnc2)c1)c1cn(-c2ccc(F)cc2)nn1. The Bertz CT molecular complexity index is 1040. The number of nitrogens with one attached hydrogen (secondary N) is 1. The molecule has 8 heteroatoms. The highest BCUT2D eigenvalue weighted by Gasteiger charge is 2.12. The molecule has 0 radical (unpaired) electrons. The van der Waals surface area contributed by atoms with Crippen molar-refractivity contribution in [2.45, 2.75) is 0 Å². The molecular formula is C18H13FN6O. The molecule has 2 aromatic heterocycles. The maximum absolute atomic E-state index is 13.0. The van der Waals surface area contributed by atoms with E-state index >= 15 is 0 Å². The molecule has 0 saturated heterocycles. The van der Waals surface area contributed by atoms with Crippen LogP contribution in [0.3, 0.4) is 0 Å². The lowest BCUT2D eigenvalue weighted by Crippen LogP contribution is -2.12. The van der Waals surface area contributed by atoms with Gasteiger partial charge in [0.2, 0.25) is 0 Å². The molecule has 26 heavy (non-hydrogen) atoms. The molecule has 0 bridgehead atoms. The van der Waals surface area contributed by atoms with Crippen molar-refractivity contribution in [3.8, 4) is 11.4 Å². The van der Waals surface area contributed by atoms with E-state index in [0.29, 0.717) is 11.4 Å². The number of halogens is 1. The van der Waals surface area contributed by atoms with Crippen molar-refractivity contribution in [1.29, 1.82) is 0 Å². The van der Waals surface area contributed by atoms with Crippen LogP contribution in [0.25, 0.3) is 11.4 Å². The van der Waals surface area contributed by atoms with E-state index in [1.165, 1.54) is 23.0 Å². The Morgan fingerprint density at radius 3 is 2.69 bits per heavy atom. The number of carbonyl (C=O) groups excluding carboxylic acids is 1. The molecule has 2 aromatic carbocycles. The first-order valence-electron chi connectivity index (χ1n) is 7.77. The zero-order valence-electron chi connectivity index (χ0n) is 13.5. The maximum atomic E-state index is 13.0. The van der Waals surface area contributed by atoms with Crippen molar-refractivity contribution >= 4 is 11.6 Å². The summed E-state index contributed by atoms with van der Waals surface area (Å²) in [6, 6.07) is 13.1. The van der Waals surface area contributed by atoms with Gasteiger partial charge in [-0.2, -0.15) is 0 Å². The molecule has 7 nitrogen and oxygen atoms in total. The molecule has 0 fully saturated rings. The first kappa shape index (κ1) is 15.7. The van der Waals surface area contributed by atoms with Gasteiger partial charge in [-0.15, -0.1) is 5.10 Å². The number of rotatable bonds is 4. The minimum atomic E-state index is -0.388. The fourth-order valence-electron chi connectivity index (χ4n) is 2.44. The molecule has 0 saturated carbocycles. The third-order valence-electron chi connectivity index (χ3n) is 3.72. The fraction of sp³-hybridized carbons (Fsp3) is 0. The lowest BCUT2D eigenvalue weighted by atomic mass is 10.2. The van der Waals surface area contributed by atoms with Crippen LogP contribution in [0.4, 0.5) is 10.1 Å². The molecule has 0 aliphatic rings. The van der Waals surface area contributed by atoms with Gasteiger partial charge < -0.3 is 9.88 Å². The van der Waals surface area contributed by atoms with Crippen LogP contribution in [-0.4, -0.2) is 30.5 Å². The number of hydrogen-bond donors (Lipinski definition) is 1. The first-order chi connectivity index (χ1) is 12.7. The Morgan fingerprint density at radius 1 is 1.08 bits per heavy atom.